The van der Waals surface area contributed by atoms with Crippen LogP contribution in [-0.2, 0) is 48.1 Å². The monoisotopic (exact) mass is 918 g/mol. The molecule has 2 aliphatic carbocycles. The van der Waals surface area contributed by atoms with E-state index in [4.69, 9.17) is 21.3 Å². The molecule has 12 nitrogen and oxygen atoms in total. The second-order valence-corrected chi connectivity index (χ2v) is 17.5. The van der Waals surface area contributed by atoms with Gasteiger partial charge in [-0.25, -0.2) is 26.8 Å². The molecule has 3 atom stereocenters. The molecule has 20 heteroatoms. The van der Waals surface area contributed by atoms with Crippen molar-refractivity contribution in [1.29, 1.82) is 0 Å². The summed E-state index contributed by atoms with van der Waals surface area (Å²) in [6.07, 6.45) is 3.38. The van der Waals surface area contributed by atoms with E-state index in [9.17, 15) is 31.4 Å². The summed E-state index contributed by atoms with van der Waals surface area (Å²) in [5, 5.41) is 11.6. The van der Waals surface area contributed by atoms with Crippen molar-refractivity contribution in [3.05, 3.63) is 93.3 Å². The number of aliphatic imine (C=N–C) groups is 1. The number of aryl methyl sites for hydroxylation is 1. The van der Waals surface area contributed by atoms with E-state index >= 15 is 8.78 Å². The number of hydrogen-bond acceptors (Lipinski definition) is 7. The highest BCUT2D eigenvalue weighted by Crippen LogP contribution is 2.48. The maximum Gasteiger partial charge on any atom is 0.292 e. The zero-order valence-electron chi connectivity index (χ0n) is 34.7. The van der Waals surface area contributed by atoms with Crippen LogP contribution in [0.3, 0.4) is 0 Å². The van der Waals surface area contributed by atoms with Gasteiger partial charge in [0.25, 0.3) is 12.3 Å². The van der Waals surface area contributed by atoms with Crippen molar-refractivity contribution in [2.45, 2.75) is 76.8 Å². The molecule has 2 aromatic heterocycles. The van der Waals surface area contributed by atoms with Gasteiger partial charge in [-0.1, -0.05) is 37.8 Å². The molecule has 1 amide bonds. The van der Waals surface area contributed by atoms with E-state index in [0.29, 0.717) is 51.9 Å². The molecule has 1 saturated carbocycles. The second kappa shape index (κ2) is 18.7. The van der Waals surface area contributed by atoms with Gasteiger partial charge in [-0.3, -0.25) is 23.7 Å². The third kappa shape index (κ3) is 9.73. The summed E-state index contributed by atoms with van der Waals surface area (Å²) in [5.74, 6) is -6.92. The fraction of sp³-hybridized carbons (Fsp3) is 0.419. The normalized spacial score (nSPS) is 17.5. The van der Waals surface area contributed by atoms with Crippen LogP contribution in [0.25, 0.3) is 10.9 Å². The summed E-state index contributed by atoms with van der Waals surface area (Å²) in [6, 6.07) is 9.20. The van der Waals surface area contributed by atoms with Gasteiger partial charge in [-0.15, -0.1) is 0 Å². The van der Waals surface area contributed by atoms with Crippen LogP contribution >= 0.6 is 11.6 Å². The van der Waals surface area contributed by atoms with Crippen LogP contribution in [0.1, 0.15) is 78.3 Å². The molecule has 7 rings (SSSR count). The average molecular weight is 919 g/mol. The topological polar surface area (TPSA) is 136 Å². The number of hydrogen-bond donors (Lipinski definition) is 2. The van der Waals surface area contributed by atoms with E-state index in [1.807, 2.05) is 0 Å². The molecule has 1 fully saturated rings. The van der Waals surface area contributed by atoms with Crippen LogP contribution in [0, 0.1) is 23.5 Å². The van der Waals surface area contributed by atoms with Crippen LogP contribution in [0.15, 0.2) is 53.5 Å². The number of aldehydes is 1. The summed E-state index contributed by atoms with van der Waals surface area (Å²) in [7, 11) is 1.60. The first-order valence-corrected chi connectivity index (χ1v) is 22.2. The number of nitrogens with zero attached hydrogens (tertiary/aromatic N) is 6. The highest BCUT2D eigenvalue weighted by molar-refractivity contribution is 7.85. The number of carbonyl (C=O) groups is 2. The van der Waals surface area contributed by atoms with E-state index < -0.39 is 70.8 Å². The lowest BCUT2D eigenvalue weighted by Crippen LogP contribution is -2.50. The summed E-state index contributed by atoms with van der Waals surface area (Å²) in [6.45, 7) is 0.694. The Bertz CT molecular complexity index is 2580. The molecular weight excluding hydrogens is 874 g/mol. The molecule has 3 aromatic carbocycles. The SMILES string of the molecule is CC1Cc2c(C(F)F)nn(CC(=O)NC(Cc3cc(F)cc(F)c3)C(=Nc3cc(OCC4CCCCC4)ccc3C=O)N(C)c3ccc(Cl)c4c(NS(C)=O)nn(C)c34)c2C1(F)F. The van der Waals surface area contributed by atoms with Crippen molar-refractivity contribution >= 4 is 68.7 Å². The molecule has 63 heavy (non-hydrogen) atoms. The number of benzene rings is 3. The standard InChI is InChI=1S/C43H45ClF6N8O4S/c1-23-14-30-37(40(47)48)53-58(39(30)43(23,49)50)20-35(60)51-33(17-25-15-27(45)18-28(46)16-25)42(52-32-19-29(11-10-26(32)21-59)62-22-24-8-6-5-7-9-24)56(2)34-13-12-31(44)36-38(34)57(3)54-41(36)55-63(4)61/h10-13,15-16,18-19,21,23-24,33,40H,5-9,14,17,20,22H2,1-4H3,(H,51,60)(H,54,55). The molecule has 2 heterocycles. The lowest BCUT2D eigenvalue weighted by molar-refractivity contribution is -0.122. The van der Waals surface area contributed by atoms with Crippen LogP contribution in [0.2, 0.25) is 5.02 Å². The van der Waals surface area contributed by atoms with Crippen LogP contribution in [-0.4, -0.2) is 67.8 Å². The molecule has 2 N–H and O–H groups in total. The lowest BCUT2D eigenvalue weighted by Gasteiger charge is -2.30. The number of anilines is 2. The first-order chi connectivity index (χ1) is 29.9. The number of amides is 1. The van der Waals surface area contributed by atoms with Gasteiger partial charge >= 0.3 is 0 Å². The Kier molecular flexibility index (Phi) is 13.6. The molecule has 3 unspecified atom stereocenters. The predicted octanol–water partition coefficient (Wildman–Crippen LogP) is 8.99. The number of fused-ring (bicyclic) bond motifs is 2. The van der Waals surface area contributed by atoms with Crippen molar-refractivity contribution in [2.24, 2.45) is 23.9 Å². The van der Waals surface area contributed by atoms with Crippen molar-refractivity contribution in [1.82, 2.24) is 24.9 Å². The number of aromatic nitrogens is 4. The molecule has 0 aliphatic heterocycles. The predicted molar refractivity (Wildman–Crippen MR) is 229 cm³/mol. The van der Waals surface area contributed by atoms with Gasteiger partial charge in [-0.05, 0) is 67.1 Å². The quantitative estimate of drug-likeness (QED) is 0.0463. The number of halogens is 7. The summed E-state index contributed by atoms with van der Waals surface area (Å²) in [4.78, 5) is 33.3. The van der Waals surface area contributed by atoms with Gasteiger partial charge in [-0.2, -0.15) is 19.0 Å². The summed E-state index contributed by atoms with van der Waals surface area (Å²) < 4.78 is 112. The molecular formula is C43H45ClF6N8O4S. The Balaban J connectivity index is 1.38. The van der Waals surface area contributed by atoms with Crippen LogP contribution in [0.4, 0.5) is 43.5 Å². The van der Waals surface area contributed by atoms with Gasteiger partial charge in [0.05, 0.1) is 39.9 Å². The number of alkyl halides is 4. The average Bonchev–Trinajstić information content (AvgIpc) is 3.83. The van der Waals surface area contributed by atoms with Gasteiger partial charge in [0.2, 0.25) is 5.91 Å². The Morgan fingerprint density at radius 3 is 2.48 bits per heavy atom. The van der Waals surface area contributed by atoms with E-state index in [1.165, 1.54) is 28.8 Å². The molecule has 0 bridgehead atoms. The summed E-state index contributed by atoms with van der Waals surface area (Å²) >= 11 is 6.69. The molecule has 0 radical (unpaired) electrons. The Morgan fingerprint density at radius 1 is 1.10 bits per heavy atom. The summed E-state index contributed by atoms with van der Waals surface area (Å²) in [5.41, 5.74) is -1.03. The van der Waals surface area contributed by atoms with Gasteiger partial charge < -0.3 is 15.0 Å². The highest BCUT2D eigenvalue weighted by Gasteiger charge is 2.51. The van der Waals surface area contributed by atoms with E-state index in [-0.39, 0.29) is 51.9 Å². The first-order valence-electron chi connectivity index (χ1n) is 20.2. The van der Waals surface area contributed by atoms with Crippen LogP contribution < -0.4 is 19.7 Å². The third-order valence-electron chi connectivity index (χ3n) is 11.5. The molecule has 336 valence electrons. The van der Waals surface area contributed by atoms with E-state index in [1.54, 1.807) is 38.4 Å². The number of carbonyl (C=O) groups excluding carboxylic acids is 2. The van der Waals surface area contributed by atoms with Gasteiger partial charge in [0.1, 0.15) is 52.1 Å². The highest BCUT2D eigenvalue weighted by atomic mass is 35.5. The minimum atomic E-state index is -3.59. The minimum Gasteiger partial charge on any atom is -0.493 e. The number of likely N-dealkylation sites (N-methyl/N-ethyl adjacent to an activating group) is 1. The van der Waals surface area contributed by atoms with E-state index in [2.05, 4.69) is 20.2 Å². The molecule has 2 aliphatic rings. The maximum absolute atomic E-state index is 15.5. The number of amidine groups is 1. The largest absolute Gasteiger partial charge is 0.493 e. The fourth-order valence-electron chi connectivity index (χ4n) is 8.44. The maximum atomic E-state index is 15.5. The van der Waals surface area contributed by atoms with Crippen molar-refractivity contribution < 1.29 is 44.9 Å². The zero-order chi connectivity index (χ0) is 45.3. The molecule has 0 saturated heterocycles. The van der Waals surface area contributed by atoms with Crippen molar-refractivity contribution in [2.75, 3.05) is 29.5 Å². The molecule has 0 spiro atoms. The van der Waals surface area contributed by atoms with Crippen LogP contribution in [0.5, 0.6) is 5.75 Å². The Labute approximate surface area is 366 Å². The number of ether oxygens (including phenoxy) is 1. The number of rotatable bonds is 15. The Hall–Kier alpha value is -5.43. The number of nitrogens with one attached hydrogen (secondary N) is 2. The molecule has 5 aromatic rings. The van der Waals surface area contributed by atoms with Gasteiger partial charge in [0, 0.05) is 55.9 Å². The zero-order valence-corrected chi connectivity index (χ0v) is 36.3. The smallest absolute Gasteiger partial charge is 0.292 e. The lowest BCUT2D eigenvalue weighted by atomic mass is 9.90. The fourth-order valence-corrected chi connectivity index (χ4v) is 9.10. The second-order valence-electron chi connectivity index (χ2n) is 16.0. The van der Waals surface area contributed by atoms with Crippen molar-refractivity contribution in [3.8, 4) is 5.75 Å². The van der Waals surface area contributed by atoms with E-state index in [0.717, 1.165) is 44.2 Å². The third-order valence-corrected chi connectivity index (χ3v) is 12.3. The Morgan fingerprint density at radius 2 is 1.81 bits per heavy atom. The van der Waals surface area contributed by atoms with Gasteiger partial charge in [0.15, 0.2) is 12.1 Å². The minimum absolute atomic E-state index is 0.0399. The van der Waals surface area contributed by atoms with Crippen molar-refractivity contribution in [3.63, 3.8) is 0 Å². The first kappa shape index (κ1) is 45.6.